The first-order chi connectivity index (χ1) is 15.2. The van der Waals surface area contributed by atoms with Crippen molar-refractivity contribution in [2.75, 3.05) is 6.61 Å². The zero-order valence-electron chi connectivity index (χ0n) is 17.5. The van der Waals surface area contributed by atoms with Crippen molar-refractivity contribution in [2.45, 2.75) is 44.8 Å². The highest BCUT2D eigenvalue weighted by atomic mass is 19.1. The Kier molecular flexibility index (Phi) is 4.53. The first-order valence-corrected chi connectivity index (χ1v) is 10.2. The predicted octanol–water partition coefficient (Wildman–Crippen LogP) is 2.01. The van der Waals surface area contributed by atoms with E-state index < -0.39 is 17.3 Å². The minimum Gasteiger partial charge on any atom is -0.491 e. The van der Waals surface area contributed by atoms with Gasteiger partial charge in [0.25, 0.3) is 5.91 Å². The van der Waals surface area contributed by atoms with E-state index in [1.807, 2.05) is 4.57 Å². The molecule has 10 heteroatoms. The van der Waals surface area contributed by atoms with Crippen molar-refractivity contribution < 1.29 is 23.6 Å². The average molecular weight is 437 g/mol. The molecule has 1 aromatic carbocycles. The highest BCUT2D eigenvalue weighted by molar-refractivity contribution is 5.93. The largest absolute Gasteiger partial charge is 0.491 e. The van der Waals surface area contributed by atoms with Gasteiger partial charge in [-0.15, -0.1) is 0 Å². The maximum absolute atomic E-state index is 14.8. The number of fused-ring (bicyclic) bond motifs is 3. The number of carbonyl (C=O) groups excluding carboxylic acids is 1. The third kappa shape index (κ3) is 3.40. The molecule has 3 heterocycles. The molecule has 32 heavy (non-hydrogen) atoms. The standard InChI is InChI=1S/C22H20FN5O4/c1-11-25-21(27-32-11)22(2,30)6-5-13-9-14-16(10-15(13)23)31-8-7-28-18(12-3-4-12)17(19(24)29)26-20(14)28/h9-10,12,30H,3-4,7-8H2,1-2H3,(H2,24,29)/t22-/m1/s1. The van der Waals surface area contributed by atoms with Crippen molar-refractivity contribution in [3.8, 4) is 29.0 Å². The molecule has 0 radical (unpaired) electrons. The lowest BCUT2D eigenvalue weighted by atomic mass is 10.0. The number of aliphatic hydroxyl groups is 1. The molecular formula is C22H20FN5O4. The van der Waals surface area contributed by atoms with Gasteiger partial charge in [-0.05, 0) is 25.8 Å². The van der Waals surface area contributed by atoms with Gasteiger partial charge < -0.3 is 24.7 Å². The first kappa shape index (κ1) is 20.2. The molecule has 1 aliphatic heterocycles. The Morgan fingerprint density at radius 1 is 1.38 bits per heavy atom. The summed E-state index contributed by atoms with van der Waals surface area (Å²) >= 11 is 0. The van der Waals surface area contributed by atoms with Crippen LogP contribution in [0.3, 0.4) is 0 Å². The van der Waals surface area contributed by atoms with Crippen LogP contribution in [0.4, 0.5) is 4.39 Å². The van der Waals surface area contributed by atoms with Gasteiger partial charge in [-0.1, -0.05) is 17.0 Å². The van der Waals surface area contributed by atoms with E-state index >= 15 is 0 Å². The van der Waals surface area contributed by atoms with Crippen LogP contribution < -0.4 is 10.5 Å². The number of nitrogens with zero attached hydrogens (tertiary/aromatic N) is 4. The molecule has 5 rings (SSSR count). The van der Waals surface area contributed by atoms with Gasteiger partial charge in [0.2, 0.25) is 11.7 Å². The summed E-state index contributed by atoms with van der Waals surface area (Å²) in [5.74, 6) is 5.32. The third-order valence-electron chi connectivity index (χ3n) is 5.49. The van der Waals surface area contributed by atoms with Crippen LogP contribution in [0.5, 0.6) is 5.75 Å². The number of ether oxygens (including phenoxy) is 1. The van der Waals surface area contributed by atoms with Crippen molar-refractivity contribution in [1.29, 1.82) is 0 Å². The van der Waals surface area contributed by atoms with Crippen molar-refractivity contribution >= 4 is 5.91 Å². The number of nitrogens with two attached hydrogens (primary N) is 1. The van der Waals surface area contributed by atoms with E-state index in [1.54, 1.807) is 6.92 Å². The minimum absolute atomic E-state index is 0.0169. The molecule has 2 aromatic heterocycles. The fourth-order valence-electron chi connectivity index (χ4n) is 3.78. The minimum atomic E-state index is -1.75. The van der Waals surface area contributed by atoms with Crippen LogP contribution in [0.1, 0.15) is 59.1 Å². The van der Waals surface area contributed by atoms with Crippen molar-refractivity contribution in [2.24, 2.45) is 5.73 Å². The number of benzene rings is 1. The van der Waals surface area contributed by atoms with E-state index in [2.05, 4.69) is 27.0 Å². The Morgan fingerprint density at radius 2 is 2.16 bits per heavy atom. The predicted molar refractivity (Wildman–Crippen MR) is 109 cm³/mol. The lowest BCUT2D eigenvalue weighted by Crippen LogP contribution is -2.20. The summed E-state index contributed by atoms with van der Waals surface area (Å²) in [6, 6.07) is 2.73. The first-order valence-electron chi connectivity index (χ1n) is 10.2. The van der Waals surface area contributed by atoms with Gasteiger partial charge >= 0.3 is 0 Å². The molecule has 0 saturated heterocycles. The van der Waals surface area contributed by atoms with E-state index in [4.69, 9.17) is 15.0 Å². The highest BCUT2D eigenvalue weighted by Gasteiger charge is 2.35. The fourth-order valence-corrected chi connectivity index (χ4v) is 3.78. The zero-order chi connectivity index (χ0) is 22.6. The van der Waals surface area contributed by atoms with Crippen molar-refractivity contribution in [1.82, 2.24) is 19.7 Å². The topological polar surface area (TPSA) is 129 Å². The van der Waals surface area contributed by atoms with E-state index in [-0.39, 0.29) is 28.9 Å². The summed E-state index contributed by atoms with van der Waals surface area (Å²) in [6.07, 6.45) is 1.92. The summed E-state index contributed by atoms with van der Waals surface area (Å²) in [6.45, 7) is 3.74. The van der Waals surface area contributed by atoms with Crippen molar-refractivity contribution in [3.63, 3.8) is 0 Å². The summed E-state index contributed by atoms with van der Waals surface area (Å²) in [5.41, 5.74) is 5.40. The molecule has 1 amide bonds. The van der Waals surface area contributed by atoms with Crippen LogP contribution in [-0.2, 0) is 12.1 Å². The molecule has 1 aliphatic carbocycles. The zero-order valence-corrected chi connectivity index (χ0v) is 17.5. The summed E-state index contributed by atoms with van der Waals surface area (Å²) in [5, 5.41) is 14.3. The Hall–Kier alpha value is -3.71. The molecule has 1 fully saturated rings. The molecule has 164 valence electrons. The lowest BCUT2D eigenvalue weighted by molar-refractivity contribution is 0.0994. The number of carbonyl (C=O) groups is 1. The lowest BCUT2D eigenvalue weighted by Gasteiger charge is -2.11. The SMILES string of the molecule is Cc1nc([C@](C)(O)C#Cc2cc3c(cc2F)OCCn2c-3nc(C(N)=O)c2C2CC2)no1. The van der Waals surface area contributed by atoms with Crippen LogP contribution in [0.15, 0.2) is 16.7 Å². The fraction of sp³-hybridized carbons (Fsp3) is 0.364. The number of hydrogen-bond donors (Lipinski definition) is 2. The molecule has 3 aromatic rings. The van der Waals surface area contributed by atoms with E-state index in [1.165, 1.54) is 19.1 Å². The molecule has 0 bridgehead atoms. The normalized spacial score (nSPS) is 16.6. The monoisotopic (exact) mass is 437 g/mol. The van der Waals surface area contributed by atoms with E-state index in [0.29, 0.717) is 30.3 Å². The maximum atomic E-state index is 14.8. The van der Waals surface area contributed by atoms with Crippen LogP contribution in [0, 0.1) is 24.6 Å². The van der Waals surface area contributed by atoms with Gasteiger partial charge in [0, 0.05) is 18.9 Å². The summed E-state index contributed by atoms with van der Waals surface area (Å²) in [7, 11) is 0. The molecule has 1 saturated carbocycles. The smallest absolute Gasteiger partial charge is 0.269 e. The van der Waals surface area contributed by atoms with Crippen LogP contribution >= 0.6 is 0 Å². The van der Waals surface area contributed by atoms with Gasteiger partial charge in [0.05, 0.1) is 23.4 Å². The molecule has 1 atom stereocenters. The molecule has 3 N–H and O–H groups in total. The van der Waals surface area contributed by atoms with Gasteiger partial charge in [0.1, 0.15) is 29.7 Å². The maximum Gasteiger partial charge on any atom is 0.269 e. The number of rotatable bonds is 3. The molecule has 0 spiro atoms. The summed E-state index contributed by atoms with van der Waals surface area (Å²) in [4.78, 5) is 20.5. The Balaban J connectivity index is 1.61. The van der Waals surface area contributed by atoms with Crippen LogP contribution in [0.25, 0.3) is 11.4 Å². The number of aromatic nitrogens is 4. The van der Waals surface area contributed by atoms with Gasteiger partial charge in [-0.3, -0.25) is 4.79 Å². The highest BCUT2D eigenvalue weighted by Crippen LogP contribution is 2.45. The van der Waals surface area contributed by atoms with Crippen molar-refractivity contribution in [3.05, 3.63) is 46.6 Å². The number of amides is 1. The number of aryl methyl sites for hydroxylation is 1. The second-order valence-corrected chi connectivity index (χ2v) is 8.10. The molecular weight excluding hydrogens is 417 g/mol. The number of primary amides is 1. The molecule has 9 nitrogen and oxygen atoms in total. The Bertz CT molecular complexity index is 1310. The van der Waals surface area contributed by atoms with Gasteiger partial charge in [0.15, 0.2) is 5.60 Å². The molecule has 2 aliphatic rings. The van der Waals surface area contributed by atoms with Crippen LogP contribution in [-0.4, -0.2) is 37.3 Å². The number of hydrogen-bond acceptors (Lipinski definition) is 7. The second kappa shape index (κ2) is 7.17. The molecule has 0 unspecified atom stereocenters. The average Bonchev–Trinajstić information content (AvgIpc) is 3.40. The third-order valence-corrected chi connectivity index (χ3v) is 5.49. The van der Waals surface area contributed by atoms with Gasteiger partial charge in [-0.25, -0.2) is 9.37 Å². The van der Waals surface area contributed by atoms with E-state index in [9.17, 15) is 14.3 Å². The van der Waals surface area contributed by atoms with Crippen LogP contribution in [0.2, 0.25) is 0 Å². The number of imidazole rings is 1. The quantitative estimate of drug-likeness (QED) is 0.600. The number of halogens is 1. The van der Waals surface area contributed by atoms with E-state index in [0.717, 1.165) is 18.5 Å². The Labute approximate surface area is 182 Å². The second-order valence-electron chi connectivity index (χ2n) is 8.10. The Morgan fingerprint density at radius 3 is 2.81 bits per heavy atom. The summed E-state index contributed by atoms with van der Waals surface area (Å²) < 4.78 is 27.4. The van der Waals surface area contributed by atoms with Gasteiger partial charge in [-0.2, -0.15) is 4.98 Å².